The summed E-state index contributed by atoms with van der Waals surface area (Å²) < 4.78 is 0. The summed E-state index contributed by atoms with van der Waals surface area (Å²) in [6.07, 6.45) is 1.94. The average molecular weight is 227 g/mol. The average Bonchev–Trinajstić information content (AvgIpc) is 2.22. The summed E-state index contributed by atoms with van der Waals surface area (Å²) in [5, 5.41) is 11.7. The Balaban J connectivity index is 2.62. The van der Waals surface area contributed by atoms with E-state index in [1.165, 1.54) is 6.42 Å². The summed E-state index contributed by atoms with van der Waals surface area (Å²) in [6, 6.07) is 0.925. The van der Waals surface area contributed by atoms with Gasteiger partial charge in [0.05, 0.1) is 0 Å². The molecule has 0 radical (unpaired) electrons. The Morgan fingerprint density at radius 2 is 2.12 bits per heavy atom. The van der Waals surface area contributed by atoms with Crippen molar-refractivity contribution < 1.29 is 5.21 Å². The number of hydrogen-bond donors (Lipinski definition) is 2. The number of nitrogens with two attached hydrogens (primary N) is 1. The first kappa shape index (κ1) is 13.3. The Morgan fingerprint density at radius 3 is 2.69 bits per heavy atom. The van der Waals surface area contributed by atoms with Crippen molar-refractivity contribution >= 4 is 5.84 Å². The molecule has 4 nitrogen and oxygen atoms in total. The molecule has 0 saturated carbocycles. The molecule has 1 aliphatic heterocycles. The van der Waals surface area contributed by atoms with Crippen molar-refractivity contribution in [3.8, 4) is 0 Å². The lowest BCUT2D eigenvalue weighted by molar-refractivity contribution is 0.0487. The highest BCUT2D eigenvalue weighted by Crippen LogP contribution is 2.28. The van der Waals surface area contributed by atoms with Gasteiger partial charge >= 0.3 is 0 Å². The molecular weight excluding hydrogens is 202 g/mol. The van der Waals surface area contributed by atoms with Crippen molar-refractivity contribution in [2.45, 2.75) is 52.6 Å². The highest BCUT2D eigenvalue weighted by atomic mass is 16.4. The molecule has 1 heterocycles. The van der Waals surface area contributed by atoms with E-state index in [4.69, 9.17) is 10.9 Å². The maximum Gasteiger partial charge on any atom is 0.140 e. The summed E-state index contributed by atoms with van der Waals surface area (Å²) in [4.78, 5) is 2.48. The van der Waals surface area contributed by atoms with Crippen LogP contribution in [0.2, 0.25) is 0 Å². The van der Waals surface area contributed by atoms with E-state index < -0.39 is 0 Å². The lowest BCUT2D eigenvalue weighted by Crippen LogP contribution is -2.50. The van der Waals surface area contributed by atoms with Crippen LogP contribution in [0.3, 0.4) is 0 Å². The number of nitrogens with zero attached hydrogens (tertiary/aromatic N) is 2. The highest BCUT2D eigenvalue weighted by Gasteiger charge is 2.31. The van der Waals surface area contributed by atoms with Gasteiger partial charge in [-0.15, -0.1) is 0 Å². The molecule has 1 aliphatic rings. The summed E-state index contributed by atoms with van der Waals surface area (Å²) in [5.41, 5.74) is 5.57. The molecule has 0 aromatic heterocycles. The predicted molar refractivity (Wildman–Crippen MR) is 66.6 cm³/mol. The van der Waals surface area contributed by atoms with Crippen LogP contribution in [0.5, 0.6) is 0 Å². The molecule has 4 atom stereocenters. The lowest BCUT2D eigenvalue weighted by atomic mass is 9.85. The summed E-state index contributed by atoms with van der Waals surface area (Å²) in [7, 11) is 0. The van der Waals surface area contributed by atoms with Crippen LogP contribution in [0.4, 0.5) is 0 Å². The second-order valence-electron chi connectivity index (χ2n) is 5.40. The number of piperidine rings is 1. The van der Waals surface area contributed by atoms with Crippen molar-refractivity contribution in [2.75, 3.05) is 6.54 Å². The van der Waals surface area contributed by atoms with E-state index in [0.717, 1.165) is 18.4 Å². The Hall–Kier alpha value is -0.770. The number of hydrogen-bond acceptors (Lipinski definition) is 3. The van der Waals surface area contributed by atoms with E-state index in [1.807, 2.05) is 0 Å². The Labute approximate surface area is 98.5 Å². The molecule has 0 aromatic rings. The van der Waals surface area contributed by atoms with Crippen molar-refractivity contribution in [2.24, 2.45) is 22.7 Å². The normalized spacial score (nSPS) is 35.0. The summed E-state index contributed by atoms with van der Waals surface area (Å²) in [6.45, 7) is 10.2. The molecule has 94 valence electrons. The van der Waals surface area contributed by atoms with Crippen molar-refractivity contribution in [3.63, 3.8) is 0 Å². The standard InChI is InChI=1S/C12H25N3O/c1-8-5-9(2)11(4)15(7-8)10(3)6-12(13)14-16/h8-11,16H,5-7H2,1-4H3,(H2,13,14). The van der Waals surface area contributed by atoms with Crippen LogP contribution >= 0.6 is 0 Å². The first-order valence-electron chi connectivity index (χ1n) is 6.17. The molecule has 16 heavy (non-hydrogen) atoms. The molecule has 0 aromatic carbocycles. The zero-order valence-electron chi connectivity index (χ0n) is 10.8. The fraction of sp³-hybridized carbons (Fsp3) is 0.917. The first-order chi connectivity index (χ1) is 7.45. The van der Waals surface area contributed by atoms with Crippen LogP contribution in [0.25, 0.3) is 0 Å². The quantitative estimate of drug-likeness (QED) is 0.335. The fourth-order valence-corrected chi connectivity index (χ4v) is 2.80. The molecule has 3 N–H and O–H groups in total. The van der Waals surface area contributed by atoms with Crippen LogP contribution in [-0.4, -0.2) is 34.6 Å². The van der Waals surface area contributed by atoms with Gasteiger partial charge in [-0.3, -0.25) is 4.90 Å². The zero-order chi connectivity index (χ0) is 12.3. The molecular formula is C12H25N3O. The Morgan fingerprint density at radius 1 is 1.50 bits per heavy atom. The Kier molecular flexibility index (Phi) is 4.59. The van der Waals surface area contributed by atoms with E-state index >= 15 is 0 Å². The molecule has 4 unspecified atom stereocenters. The number of rotatable bonds is 3. The summed E-state index contributed by atoms with van der Waals surface area (Å²) in [5.74, 6) is 1.78. The SMILES string of the molecule is CC1CC(C)C(C)N(C(C)CC(N)=NO)C1. The molecule has 1 saturated heterocycles. The lowest BCUT2D eigenvalue weighted by Gasteiger charge is -2.44. The van der Waals surface area contributed by atoms with Gasteiger partial charge in [0, 0.05) is 25.0 Å². The van der Waals surface area contributed by atoms with Gasteiger partial charge in [0.1, 0.15) is 5.84 Å². The second-order valence-corrected chi connectivity index (χ2v) is 5.40. The van der Waals surface area contributed by atoms with Gasteiger partial charge in [-0.1, -0.05) is 19.0 Å². The topological polar surface area (TPSA) is 61.8 Å². The minimum absolute atomic E-state index is 0.325. The van der Waals surface area contributed by atoms with Crippen molar-refractivity contribution in [1.29, 1.82) is 0 Å². The van der Waals surface area contributed by atoms with E-state index in [0.29, 0.717) is 24.3 Å². The van der Waals surface area contributed by atoms with E-state index in [1.54, 1.807) is 0 Å². The van der Waals surface area contributed by atoms with E-state index in [9.17, 15) is 0 Å². The molecule has 1 fully saturated rings. The fourth-order valence-electron chi connectivity index (χ4n) is 2.80. The van der Waals surface area contributed by atoms with Crippen LogP contribution in [-0.2, 0) is 0 Å². The van der Waals surface area contributed by atoms with Crippen LogP contribution in [0.15, 0.2) is 5.16 Å². The number of oxime groups is 1. The van der Waals surface area contributed by atoms with Crippen LogP contribution in [0.1, 0.15) is 40.5 Å². The minimum Gasteiger partial charge on any atom is -0.409 e. The van der Waals surface area contributed by atoms with Gasteiger partial charge in [-0.2, -0.15) is 0 Å². The molecule has 0 bridgehead atoms. The maximum atomic E-state index is 8.60. The monoisotopic (exact) mass is 227 g/mol. The largest absolute Gasteiger partial charge is 0.409 e. The first-order valence-corrected chi connectivity index (χ1v) is 6.17. The van der Waals surface area contributed by atoms with Gasteiger partial charge in [0.15, 0.2) is 0 Å². The van der Waals surface area contributed by atoms with E-state index in [-0.39, 0.29) is 0 Å². The number of amidine groups is 1. The van der Waals surface area contributed by atoms with Crippen LogP contribution in [0, 0.1) is 11.8 Å². The van der Waals surface area contributed by atoms with Crippen molar-refractivity contribution in [3.05, 3.63) is 0 Å². The maximum absolute atomic E-state index is 8.60. The third-order valence-corrected chi connectivity index (χ3v) is 3.84. The Bertz CT molecular complexity index is 255. The van der Waals surface area contributed by atoms with Crippen molar-refractivity contribution in [1.82, 2.24) is 4.90 Å². The van der Waals surface area contributed by atoms with Gasteiger partial charge in [-0.25, -0.2) is 0 Å². The van der Waals surface area contributed by atoms with Gasteiger partial charge in [0.2, 0.25) is 0 Å². The molecule has 0 spiro atoms. The summed E-state index contributed by atoms with van der Waals surface area (Å²) >= 11 is 0. The van der Waals surface area contributed by atoms with Gasteiger partial charge in [0.25, 0.3) is 0 Å². The predicted octanol–water partition coefficient (Wildman–Crippen LogP) is 1.88. The van der Waals surface area contributed by atoms with Crippen LogP contribution < -0.4 is 5.73 Å². The van der Waals surface area contributed by atoms with Gasteiger partial charge < -0.3 is 10.9 Å². The molecule has 4 heteroatoms. The molecule has 1 rings (SSSR count). The number of likely N-dealkylation sites (tertiary alicyclic amines) is 1. The molecule has 0 amide bonds. The zero-order valence-corrected chi connectivity index (χ0v) is 10.8. The third kappa shape index (κ3) is 3.11. The second kappa shape index (κ2) is 5.53. The highest BCUT2D eigenvalue weighted by molar-refractivity contribution is 5.80. The minimum atomic E-state index is 0.325. The molecule has 0 aliphatic carbocycles. The smallest absolute Gasteiger partial charge is 0.140 e. The van der Waals surface area contributed by atoms with Gasteiger partial charge in [-0.05, 0) is 32.1 Å². The third-order valence-electron chi connectivity index (χ3n) is 3.84. The van der Waals surface area contributed by atoms with E-state index in [2.05, 4.69) is 37.8 Å².